The number of nitrogens with one attached hydrogen (secondary N) is 2. The summed E-state index contributed by atoms with van der Waals surface area (Å²) in [7, 11) is 0. The molecule has 2 unspecified atom stereocenters. The average Bonchev–Trinajstić information content (AvgIpc) is 2.68. The van der Waals surface area contributed by atoms with Crippen LogP contribution in [-0.4, -0.2) is 56.5 Å². The minimum Gasteiger partial charge on any atom is -0.508 e. The number of para-hydroxylation sites is 1. The van der Waals surface area contributed by atoms with Crippen molar-refractivity contribution in [3.05, 3.63) is 29.8 Å². The van der Waals surface area contributed by atoms with Crippen LogP contribution in [0.25, 0.3) is 0 Å². The van der Waals surface area contributed by atoms with Crippen molar-refractivity contribution in [1.82, 2.24) is 15.5 Å². The van der Waals surface area contributed by atoms with Crippen LogP contribution < -0.4 is 16.4 Å². The van der Waals surface area contributed by atoms with E-state index in [0.29, 0.717) is 6.42 Å². The lowest BCUT2D eigenvalue weighted by Gasteiger charge is -2.45. The van der Waals surface area contributed by atoms with Gasteiger partial charge in [0.05, 0.1) is 6.42 Å². The third-order valence-corrected chi connectivity index (χ3v) is 5.39. The standard InChI is InChI=1S/C26H42N4O6/c1-10-26(8,9)30(22(34)17(15-19(27)32)28-23(35)36-25(5,6)7)20(21(33)29-24(2,3)4)16-13-11-12-14-18(16)31/h11-14,17,20,31H,10,15H2,1-9H3,(H2,27,32)(H,28,35)(H,29,33). The fourth-order valence-corrected chi connectivity index (χ4v) is 3.52. The topological polar surface area (TPSA) is 151 Å². The number of amides is 4. The highest BCUT2D eigenvalue weighted by Crippen LogP contribution is 2.36. The Balaban J connectivity index is 3.71. The van der Waals surface area contributed by atoms with Gasteiger partial charge in [0, 0.05) is 16.6 Å². The van der Waals surface area contributed by atoms with Crippen molar-refractivity contribution >= 4 is 23.8 Å². The van der Waals surface area contributed by atoms with Gasteiger partial charge in [-0.3, -0.25) is 14.4 Å². The second-order valence-electron chi connectivity index (χ2n) is 11.4. The number of nitrogens with two attached hydrogens (primary N) is 1. The first-order valence-electron chi connectivity index (χ1n) is 12.0. The van der Waals surface area contributed by atoms with Gasteiger partial charge < -0.3 is 31.1 Å². The fraction of sp³-hybridized carbons (Fsp3) is 0.615. The van der Waals surface area contributed by atoms with E-state index in [9.17, 15) is 24.3 Å². The van der Waals surface area contributed by atoms with Gasteiger partial charge in [0.2, 0.25) is 17.7 Å². The van der Waals surface area contributed by atoms with E-state index in [1.54, 1.807) is 73.6 Å². The molecule has 0 bridgehead atoms. The van der Waals surface area contributed by atoms with Crippen molar-refractivity contribution in [2.45, 2.75) is 104 Å². The molecule has 0 saturated heterocycles. The summed E-state index contributed by atoms with van der Waals surface area (Å²) >= 11 is 0. The first kappa shape index (κ1) is 30.7. The lowest BCUT2D eigenvalue weighted by atomic mass is 9.91. The number of primary amides is 1. The molecule has 0 aliphatic rings. The molecule has 1 aromatic rings. The molecule has 0 aliphatic carbocycles. The number of benzene rings is 1. The monoisotopic (exact) mass is 506 g/mol. The lowest BCUT2D eigenvalue weighted by Crippen LogP contribution is -2.60. The third-order valence-electron chi connectivity index (χ3n) is 5.39. The predicted molar refractivity (Wildman–Crippen MR) is 137 cm³/mol. The molecule has 10 nitrogen and oxygen atoms in total. The van der Waals surface area contributed by atoms with Crippen molar-refractivity contribution in [2.24, 2.45) is 5.73 Å². The second-order valence-corrected chi connectivity index (χ2v) is 11.4. The maximum atomic E-state index is 14.1. The highest BCUT2D eigenvalue weighted by molar-refractivity contribution is 5.95. The number of alkyl carbamates (subject to hydrolysis) is 1. The zero-order valence-electron chi connectivity index (χ0n) is 22.9. The van der Waals surface area contributed by atoms with E-state index >= 15 is 0 Å². The molecule has 4 amide bonds. The molecule has 1 rings (SSSR count). The van der Waals surface area contributed by atoms with Crippen LogP contribution in [0.5, 0.6) is 5.75 Å². The smallest absolute Gasteiger partial charge is 0.408 e. The molecule has 10 heteroatoms. The average molecular weight is 507 g/mol. The normalized spacial score (nSPS) is 13.8. The lowest BCUT2D eigenvalue weighted by molar-refractivity contribution is -0.150. The number of phenolic OH excluding ortho intramolecular Hbond substituents is 1. The zero-order chi connectivity index (χ0) is 28.1. The largest absolute Gasteiger partial charge is 0.508 e. The summed E-state index contributed by atoms with van der Waals surface area (Å²) in [5, 5.41) is 16.0. The number of aromatic hydroxyl groups is 1. The van der Waals surface area contributed by atoms with Crippen molar-refractivity contribution in [3.8, 4) is 5.75 Å². The Morgan fingerprint density at radius 3 is 2.03 bits per heavy atom. The molecule has 0 spiro atoms. The van der Waals surface area contributed by atoms with Gasteiger partial charge in [-0.15, -0.1) is 0 Å². The molecule has 0 heterocycles. The quantitative estimate of drug-likeness (QED) is 0.404. The Hall–Kier alpha value is -3.30. The fourth-order valence-electron chi connectivity index (χ4n) is 3.52. The molecular weight excluding hydrogens is 464 g/mol. The first-order valence-corrected chi connectivity index (χ1v) is 12.0. The molecular formula is C26H42N4O6. The van der Waals surface area contributed by atoms with Crippen LogP contribution in [0.1, 0.15) is 86.8 Å². The van der Waals surface area contributed by atoms with Crippen LogP contribution in [-0.2, 0) is 19.1 Å². The number of nitrogens with zero attached hydrogens (tertiary/aromatic N) is 1. The number of hydrogen-bond acceptors (Lipinski definition) is 6. The molecule has 0 saturated carbocycles. The predicted octanol–water partition coefficient (Wildman–Crippen LogP) is 3.13. The Bertz CT molecular complexity index is 962. The van der Waals surface area contributed by atoms with Crippen molar-refractivity contribution < 1.29 is 29.0 Å². The summed E-state index contributed by atoms with van der Waals surface area (Å²) in [6.45, 7) is 15.7. The molecule has 1 aromatic carbocycles. The zero-order valence-corrected chi connectivity index (χ0v) is 22.9. The summed E-state index contributed by atoms with van der Waals surface area (Å²) in [5.74, 6) is -2.25. The molecule has 5 N–H and O–H groups in total. The number of phenols is 1. The molecule has 0 fully saturated rings. The summed E-state index contributed by atoms with van der Waals surface area (Å²) in [6, 6.07) is 3.55. The number of carbonyl (C=O) groups excluding carboxylic acids is 4. The SMILES string of the molecule is CCC(C)(C)N(C(=O)C(CC(N)=O)NC(=O)OC(C)(C)C)C(C(=O)NC(C)(C)C)c1ccccc1O. The molecule has 0 aliphatic heterocycles. The maximum absolute atomic E-state index is 14.1. The van der Waals surface area contributed by atoms with Gasteiger partial charge in [0.1, 0.15) is 23.4 Å². The summed E-state index contributed by atoms with van der Waals surface area (Å²) < 4.78 is 5.28. The van der Waals surface area contributed by atoms with Gasteiger partial charge in [0.15, 0.2) is 0 Å². The number of rotatable bonds is 9. The Labute approximate surface area is 213 Å². The molecule has 2 atom stereocenters. The van der Waals surface area contributed by atoms with E-state index in [4.69, 9.17) is 10.5 Å². The van der Waals surface area contributed by atoms with Crippen molar-refractivity contribution in [1.29, 1.82) is 0 Å². The van der Waals surface area contributed by atoms with Gasteiger partial charge in [-0.2, -0.15) is 0 Å². The van der Waals surface area contributed by atoms with Gasteiger partial charge in [-0.05, 0) is 67.9 Å². The van der Waals surface area contributed by atoms with Crippen molar-refractivity contribution in [2.75, 3.05) is 0 Å². The second kappa shape index (κ2) is 11.6. The van der Waals surface area contributed by atoms with Crippen LogP contribution in [0.2, 0.25) is 0 Å². The molecule has 36 heavy (non-hydrogen) atoms. The molecule has 0 radical (unpaired) electrons. The number of ether oxygens (including phenoxy) is 1. The Kier molecular flexibility index (Phi) is 9.92. The van der Waals surface area contributed by atoms with Crippen LogP contribution in [0.4, 0.5) is 4.79 Å². The van der Waals surface area contributed by atoms with Crippen LogP contribution in [0.3, 0.4) is 0 Å². The van der Waals surface area contributed by atoms with Crippen LogP contribution in [0.15, 0.2) is 24.3 Å². The molecule has 202 valence electrons. The van der Waals surface area contributed by atoms with E-state index < -0.39 is 59.0 Å². The van der Waals surface area contributed by atoms with Gasteiger partial charge in [-0.25, -0.2) is 4.79 Å². The first-order chi connectivity index (χ1) is 16.3. The third kappa shape index (κ3) is 9.05. The highest BCUT2D eigenvalue weighted by atomic mass is 16.6. The summed E-state index contributed by atoms with van der Waals surface area (Å²) in [6.07, 6.45) is -1.00. The molecule has 0 aromatic heterocycles. The Morgan fingerprint density at radius 1 is 1.03 bits per heavy atom. The van der Waals surface area contributed by atoms with Gasteiger partial charge in [0.25, 0.3) is 0 Å². The minimum absolute atomic E-state index is 0.178. The van der Waals surface area contributed by atoms with E-state index in [1.807, 2.05) is 6.92 Å². The summed E-state index contributed by atoms with van der Waals surface area (Å²) in [5.41, 5.74) is 3.17. The van der Waals surface area contributed by atoms with E-state index in [2.05, 4.69) is 10.6 Å². The number of hydrogen-bond donors (Lipinski definition) is 4. The summed E-state index contributed by atoms with van der Waals surface area (Å²) in [4.78, 5) is 53.4. The van der Waals surface area contributed by atoms with Gasteiger partial charge >= 0.3 is 6.09 Å². The Morgan fingerprint density at radius 2 is 1.58 bits per heavy atom. The number of carbonyl (C=O) groups is 4. The van der Waals surface area contributed by atoms with Crippen molar-refractivity contribution in [3.63, 3.8) is 0 Å². The van der Waals surface area contributed by atoms with Crippen LogP contribution in [0, 0.1) is 0 Å². The van der Waals surface area contributed by atoms with E-state index in [1.165, 1.54) is 11.0 Å². The van der Waals surface area contributed by atoms with Crippen LogP contribution >= 0.6 is 0 Å². The van der Waals surface area contributed by atoms with Gasteiger partial charge in [-0.1, -0.05) is 25.1 Å². The highest BCUT2D eigenvalue weighted by Gasteiger charge is 2.44. The van der Waals surface area contributed by atoms with E-state index in [0.717, 1.165) is 0 Å². The van der Waals surface area contributed by atoms with E-state index in [-0.39, 0.29) is 11.3 Å². The maximum Gasteiger partial charge on any atom is 0.408 e. The minimum atomic E-state index is -1.40.